The molecule has 1 aliphatic rings. The van der Waals surface area contributed by atoms with Crippen LogP contribution in [0.5, 0.6) is 0 Å². The van der Waals surface area contributed by atoms with Gasteiger partial charge in [0.25, 0.3) is 0 Å². The maximum atomic E-state index is 12.4. The summed E-state index contributed by atoms with van der Waals surface area (Å²) in [6.07, 6.45) is 7.52. The van der Waals surface area contributed by atoms with Gasteiger partial charge < -0.3 is 9.73 Å². The monoisotopic (exact) mass is 460 g/mol. The summed E-state index contributed by atoms with van der Waals surface area (Å²) in [7, 11) is 0. The van der Waals surface area contributed by atoms with Crippen molar-refractivity contribution < 1.29 is 9.21 Å². The van der Waals surface area contributed by atoms with Crippen LogP contribution in [-0.4, -0.2) is 26.4 Å². The number of hydrogen-bond donors (Lipinski definition) is 1. The van der Waals surface area contributed by atoms with Gasteiger partial charge in [0.15, 0.2) is 10.9 Å². The number of carbonyl (C=O) groups excluding carboxylic acids is 1. The molecule has 2 aromatic heterocycles. The summed E-state index contributed by atoms with van der Waals surface area (Å²) in [5.41, 5.74) is 0.762. The zero-order valence-corrected chi connectivity index (χ0v) is 17.7. The van der Waals surface area contributed by atoms with Gasteiger partial charge in [-0.1, -0.05) is 43.2 Å². The fourth-order valence-electron chi connectivity index (χ4n) is 3.50. The van der Waals surface area contributed by atoms with Crippen LogP contribution in [0.25, 0.3) is 11.6 Å². The molecule has 28 heavy (non-hydrogen) atoms. The van der Waals surface area contributed by atoms with E-state index in [2.05, 4.69) is 36.0 Å². The van der Waals surface area contributed by atoms with Crippen molar-refractivity contribution in [2.75, 3.05) is 11.1 Å². The van der Waals surface area contributed by atoms with Crippen LogP contribution in [0.3, 0.4) is 0 Å². The fourth-order valence-corrected chi connectivity index (χ4v) is 4.69. The molecule has 2 heterocycles. The molecule has 8 heteroatoms. The molecule has 3 aromatic rings. The lowest BCUT2D eigenvalue weighted by Gasteiger charge is -2.25. The van der Waals surface area contributed by atoms with Crippen LogP contribution < -0.4 is 5.32 Å². The smallest absolute Gasteiger partial charge is 0.234 e. The lowest BCUT2D eigenvalue weighted by Crippen LogP contribution is -2.17. The molecule has 1 aliphatic carbocycles. The predicted octanol–water partition coefficient (Wildman–Crippen LogP) is 5.54. The van der Waals surface area contributed by atoms with Crippen molar-refractivity contribution in [1.29, 1.82) is 0 Å². The zero-order valence-electron chi connectivity index (χ0n) is 15.3. The minimum absolute atomic E-state index is 0.0744. The molecule has 0 bridgehead atoms. The molecule has 6 nitrogen and oxygen atoms in total. The van der Waals surface area contributed by atoms with Gasteiger partial charge in [-0.15, -0.1) is 10.2 Å². The first kappa shape index (κ1) is 19.3. The van der Waals surface area contributed by atoms with Crippen LogP contribution in [-0.2, 0) is 4.79 Å². The van der Waals surface area contributed by atoms with E-state index in [1.165, 1.54) is 31.0 Å². The Balaban J connectivity index is 1.51. The van der Waals surface area contributed by atoms with Gasteiger partial charge in [-0.3, -0.25) is 9.36 Å². The van der Waals surface area contributed by atoms with Crippen LogP contribution in [0.2, 0.25) is 0 Å². The first-order valence-electron chi connectivity index (χ1n) is 9.38. The quantitative estimate of drug-likeness (QED) is 0.489. The summed E-state index contributed by atoms with van der Waals surface area (Å²) in [6.45, 7) is 0. The highest BCUT2D eigenvalue weighted by atomic mass is 79.9. The van der Waals surface area contributed by atoms with Crippen LogP contribution in [0.4, 0.5) is 5.69 Å². The molecule has 1 N–H and O–H groups in total. The van der Waals surface area contributed by atoms with E-state index in [0.29, 0.717) is 11.8 Å². The second-order valence-corrected chi connectivity index (χ2v) is 8.56. The van der Waals surface area contributed by atoms with E-state index in [1.54, 1.807) is 6.26 Å². The van der Waals surface area contributed by atoms with Gasteiger partial charge in [-0.25, -0.2) is 0 Å². The second-order valence-electron chi connectivity index (χ2n) is 6.76. The van der Waals surface area contributed by atoms with E-state index >= 15 is 0 Å². The number of rotatable bonds is 6. The van der Waals surface area contributed by atoms with Gasteiger partial charge in [-0.05, 0) is 53.0 Å². The number of anilines is 1. The molecule has 1 aromatic carbocycles. The Labute approximate surface area is 176 Å². The van der Waals surface area contributed by atoms with E-state index in [1.807, 2.05) is 36.4 Å². The molecule has 1 fully saturated rings. The maximum absolute atomic E-state index is 12.4. The summed E-state index contributed by atoms with van der Waals surface area (Å²) in [5.74, 6) is 1.65. The number of carbonyl (C=O) groups is 1. The largest absolute Gasteiger partial charge is 0.461 e. The highest BCUT2D eigenvalue weighted by molar-refractivity contribution is 9.10. The van der Waals surface area contributed by atoms with Crippen molar-refractivity contribution in [1.82, 2.24) is 14.8 Å². The zero-order chi connectivity index (χ0) is 19.3. The maximum Gasteiger partial charge on any atom is 0.234 e. The topological polar surface area (TPSA) is 73.0 Å². The second kappa shape index (κ2) is 8.96. The van der Waals surface area contributed by atoms with E-state index in [4.69, 9.17) is 4.42 Å². The SMILES string of the molecule is O=C(CSc1nnc(-c2ccco2)n1C1CCCCC1)Nc1ccccc1Br. The number of thioether (sulfide) groups is 1. The summed E-state index contributed by atoms with van der Waals surface area (Å²) in [4.78, 5) is 12.4. The van der Waals surface area contributed by atoms with E-state index in [-0.39, 0.29) is 11.7 Å². The molecule has 0 radical (unpaired) electrons. The minimum Gasteiger partial charge on any atom is -0.461 e. The van der Waals surface area contributed by atoms with Crippen LogP contribution >= 0.6 is 27.7 Å². The average molecular weight is 461 g/mol. The lowest BCUT2D eigenvalue weighted by molar-refractivity contribution is -0.113. The number of nitrogens with one attached hydrogen (secondary N) is 1. The number of aromatic nitrogens is 3. The third kappa shape index (κ3) is 4.33. The first-order chi connectivity index (χ1) is 13.7. The number of para-hydroxylation sites is 1. The van der Waals surface area contributed by atoms with Gasteiger partial charge in [0.1, 0.15) is 0 Å². The summed E-state index contributed by atoms with van der Waals surface area (Å²) in [6, 6.07) is 11.7. The van der Waals surface area contributed by atoms with Crippen LogP contribution in [0.1, 0.15) is 38.1 Å². The molecule has 0 unspecified atom stereocenters. The average Bonchev–Trinajstić information content (AvgIpc) is 3.38. The first-order valence-corrected chi connectivity index (χ1v) is 11.2. The Hall–Kier alpha value is -2.06. The highest BCUT2D eigenvalue weighted by Gasteiger charge is 2.25. The van der Waals surface area contributed by atoms with E-state index < -0.39 is 0 Å². The number of halogens is 1. The summed E-state index contributed by atoms with van der Waals surface area (Å²) >= 11 is 4.86. The fraction of sp³-hybridized carbons (Fsp3) is 0.350. The van der Waals surface area contributed by atoms with Gasteiger partial charge in [0.2, 0.25) is 11.7 Å². The highest BCUT2D eigenvalue weighted by Crippen LogP contribution is 2.35. The van der Waals surface area contributed by atoms with Crippen molar-refractivity contribution >= 4 is 39.3 Å². The molecular weight excluding hydrogens is 440 g/mol. The Morgan fingerprint density at radius 2 is 2.00 bits per heavy atom. The Kier molecular flexibility index (Phi) is 6.17. The lowest BCUT2D eigenvalue weighted by atomic mass is 9.95. The molecule has 146 valence electrons. The molecule has 0 atom stereocenters. The number of benzene rings is 1. The normalized spacial score (nSPS) is 14.9. The molecule has 0 spiro atoms. The molecule has 4 rings (SSSR count). The molecule has 0 saturated heterocycles. The minimum atomic E-state index is -0.0744. The van der Waals surface area contributed by atoms with Crippen molar-refractivity contribution in [2.45, 2.75) is 43.3 Å². The Morgan fingerprint density at radius 3 is 2.75 bits per heavy atom. The van der Waals surface area contributed by atoms with Crippen molar-refractivity contribution in [3.05, 3.63) is 47.1 Å². The standard InChI is InChI=1S/C20H21BrN4O2S/c21-15-9-4-5-10-16(15)22-18(26)13-28-20-24-23-19(17-11-6-12-27-17)25(20)14-7-2-1-3-8-14/h4-6,9-12,14H,1-3,7-8,13H2,(H,22,26). The Bertz CT molecular complexity index is 936. The summed E-state index contributed by atoms with van der Waals surface area (Å²) in [5, 5.41) is 12.4. The third-order valence-electron chi connectivity index (χ3n) is 4.83. The molecule has 1 amide bonds. The van der Waals surface area contributed by atoms with E-state index in [0.717, 1.165) is 34.0 Å². The number of hydrogen-bond acceptors (Lipinski definition) is 5. The van der Waals surface area contributed by atoms with Gasteiger partial charge in [0, 0.05) is 10.5 Å². The number of nitrogens with zero attached hydrogens (tertiary/aromatic N) is 3. The molecular formula is C20H21BrN4O2S. The van der Waals surface area contributed by atoms with Crippen molar-refractivity contribution in [3.63, 3.8) is 0 Å². The molecule has 1 saturated carbocycles. The van der Waals surface area contributed by atoms with Crippen molar-refractivity contribution in [2.24, 2.45) is 0 Å². The van der Waals surface area contributed by atoms with Crippen molar-refractivity contribution in [3.8, 4) is 11.6 Å². The number of furan rings is 1. The predicted molar refractivity (Wildman–Crippen MR) is 113 cm³/mol. The third-order valence-corrected chi connectivity index (χ3v) is 6.46. The van der Waals surface area contributed by atoms with Gasteiger partial charge >= 0.3 is 0 Å². The number of amides is 1. The summed E-state index contributed by atoms with van der Waals surface area (Å²) < 4.78 is 8.59. The van der Waals surface area contributed by atoms with Crippen LogP contribution in [0, 0.1) is 0 Å². The Morgan fingerprint density at radius 1 is 1.18 bits per heavy atom. The molecule has 0 aliphatic heterocycles. The van der Waals surface area contributed by atoms with Gasteiger partial charge in [0.05, 0.1) is 17.7 Å². The van der Waals surface area contributed by atoms with E-state index in [9.17, 15) is 4.79 Å². The van der Waals surface area contributed by atoms with Gasteiger partial charge in [-0.2, -0.15) is 0 Å². The van der Waals surface area contributed by atoms with Crippen LogP contribution in [0.15, 0.2) is 56.7 Å².